The molecule has 0 aromatic carbocycles. The van der Waals surface area contributed by atoms with Crippen molar-refractivity contribution in [2.45, 2.75) is 245 Å². The predicted octanol–water partition coefficient (Wildman–Crippen LogP) is 14.2. The molecule has 0 unspecified atom stereocenters. The molecule has 0 atom stereocenters. The molecule has 2 N–H and O–H groups in total. The number of aliphatic carboxylic acids is 2. The Morgan fingerprint density at radius 3 is 0.556 bits per heavy atom. The molecule has 0 aromatic heterocycles. The van der Waals surface area contributed by atoms with Gasteiger partial charge >= 0.3 is 11.9 Å². The van der Waals surface area contributed by atoms with Crippen molar-refractivity contribution in [2.75, 3.05) is 0 Å². The van der Waals surface area contributed by atoms with Gasteiger partial charge in [0.15, 0.2) is 0 Å². The third-order valence-electron chi connectivity index (χ3n) is 8.99. The molecule has 0 aromatic rings. The Kier molecular flexibility index (Phi) is 49.5. The Hall–Kier alpha value is -0.541. The van der Waals surface area contributed by atoms with Crippen LogP contribution in [0.1, 0.15) is 245 Å². The van der Waals surface area contributed by atoms with E-state index in [4.69, 9.17) is 10.2 Å². The van der Waals surface area contributed by atoms with Crippen LogP contribution in [-0.2, 0) is 26.7 Å². The molecule has 0 heterocycles. The van der Waals surface area contributed by atoms with Gasteiger partial charge in [-0.3, -0.25) is 9.59 Å². The molecule has 0 spiro atoms. The zero-order valence-corrected chi connectivity index (χ0v) is 31.6. The predicted molar refractivity (Wildman–Crippen MR) is 193 cm³/mol. The van der Waals surface area contributed by atoms with Crippen LogP contribution in [0.15, 0.2) is 0 Å². The van der Waals surface area contributed by atoms with Crippen LogP contribution < -0.4 is 0 Å². The summed E-state index contributed by atoms with van der Waals surface area (Å²) in [5, 5.41) is 17.1. The van der Waals surface area contributed by atoms with Gasteiger partial charge in [-0.15, -0.1) is 0 Å². The van der Waals surface area contributed by atoms with Crippen LogP contribution in [0.2, 0.25) is 0 Å². The van der Waals surface area contributed by atoms with E-state index in [-0.39, 0.29) is 17.1 Å². The van der Waals surface area contributed by atoms with Crippen LogP contribution in [0.25, 0.3) is 0 Å². The molecule has 0 saturated carbocycles. The van der Waals surface area contributed by atoms with Crippen molar-refractivity contribution in [1.29, 1.82) is 0 Å². The fourth-order valence-corrected chi connectivity index (χ4v) is 6.00. The molecule has 0 aliphatic heterocycles. The number of carboxylic acid groups (broad SMARTS) is 2. The third-order valence-corrected chi connectivity index (χ3v) is 8.99. The number of hydrogen-bond acceptors (Lipinski definition) is 2. The van der Waals surface area contributed by atoms with Gasteiger partial charge in [0, 0.05) is 29.9 Å². The molecular weight excluding hydrogens is 600 g/mol. The summed E-state index contributed by atoms with van der Waals surface area (Å²) < 4.78 is 0. The molecule has 4 nitrogen and oxygen atoms in total. The standard InChI is InChI=1S/2C20H40O2.Fe/c2*1-2-3-4-5-6-7-8-9-10-11-12-13-14-15-16-17-18-19-20(21)22;/h2*2-19H2,1H3,(H,21,22);. The van der Waals surface area contributed by atoms with E-state index in [1.54, 1.807) is 0 Å². The quantitative estimate of drug-likeness (QED) is 0.0510. The molecule has 0 fully saturated rings. The van der Waals surface area contributed by atoms with Crippen molar-refractivity contribution in [3.63, 3.8) is 0 Å². The van der Waals surface area contributed by atoms with E-state index >= 15 is 0 Å². The Balaban J connectivity index is -0.000000767. The van der Waals surface area contributed by atoms with Crippen LogP contribution >= 0.6 is 0 Å². The maximum absolute atomic E-state index is 10.4. The van der Waals surface area contributed by atoms with Gasteiger partial charge < -0.3 is 10.2 Å². The molecule has 0 aliphatic carbocycles. The average molecular weight is 681 g/mol. The van der Waals surface area contributed by atoms with Crippen LogP contribution in [0.5, 0.6) is 0 Å². The minimum Gasteiger partial charge on any atom is -0.481 e. The summed E-state index contributed by atoms with van der Waals surface area (Å²) in [5.41, 5.74) is 0. The third kappa shape index (κ3) is 53.2. The van der Waals surface area contributed by atoms with Crippen molar-refractivity contribution in [3.05, 3.63) is 0 Å². The summed E-state index contributed by atoms with van der Waals surface area (Å²) in [5.74, 6) is -1.30. The molecule has 0 amide bonds. The first-order valence-electron chi connectivity index (χ1n) is 20.0. The topological polar surface area (TPSA) is 74.6 Å². The van der Waals surface area contributed by atoms with Crippen molar-refractivity contribution in [1.82, 2.24) is 0 Å². The SMILES string of the molecule is CCCCCCCCCCCCCCCCCCCC(=O)O.CCCCCCCCCCCCCCCCCCCC(=O)O.[Fe]. The number of rotatable bonds is 36. The van der Waals surface area contributed by atoms with Crippen LogP contribution in [-0.4, -0.2) is 22.2 Å². The van der Waals surface area contributed by atoms with Crippen LogP contribution in [0.4, 0.5) is 0 Å². The normalized spacial score (nSPS) is 10.7. The maximum atomic E-state index is 10.4. The molecule has 5 heteroatoms. The minimum atomic E-state index is -0.652. The van der Waals surface area contributed by atoms with E-state index in [0.29, 0.717) is 12.8 Å². The van der Waals surface area contributed by atoms with Gasteiger partial charge in [-0.2, -0.15) is 0 Å². The zero-order chi connectivity index (χ0) is 32.6. The van der Waals surface area contributed by atoms with Gasteiger partial charge in [0.2, 0.25) is 0 Å². The van der Waals surface area contributed by atoms with Crippen molar-refractivity contribution >= 4 is 11.9 Å². The summed E-state index contributed by atoms with van der Waals surface area (Å²) in [6.45, 7) is 4.55. The number of hydrogen-bond donors (Lipinski definition) is 2. The molecule has 0 radical (unpaired) electrons. The van der Waals surface area contributed by atoms with E-state index in [0.717, 1.165) is 25.7 Å². The van der Waals surface area contributed by atoms with Crippen molar-refractivity contribution in [2.24, 2.45) is 0 Å². The summed E-state index contributed by atoms with van der Waals surface area (Å²) in [4.78, 5) is 20.7. The Bertz CT molecular complexity index is 506. The molecule has 0 saturated heterocycles. The van der Waals surface area contributed by atoms with Crippen molar-refractivity contribution < 1.29 is 36.9 Å². The molecule has 0 bridgehead atoms. The van der Waals surface area contributed by atoms with E-state index in [2.05, 4.69) is 13.8 Å². The second-order valence-corrected chi connectivity index (χ2v) is 13.6. The Morgan fingerprint density at radius 1 is 0.289 bits per heavy atom. The van der Waals surface area contributed by atoms with Gasteiger partial charge in [-0.05, 0) is 12.8 Å². The van der Waals surface area contributed by atoms with Gasteiger partial charge in [0.1, 0.15) is 0 Å². The summed E-state index contributed by atoms with van der Waals surface area (Å²) >= 11 is 0. The number of unbranched alkanes of at least 4 members (excludes halogenated alkanes) is 32. The number of carboxylic acids is 2. The monoisotopic (exact) mass is 681 g/mol. The molecule has 272 valence electrons. The van der Waals surface area contributed by atoms with Gasteiger partial charge in [-0.1, -0.05) is 219 Å². The second-order valence-electron chi connectivity index (χ2n) is 13.6. The number of carbonyl (C=O) groups is 2. The molecule has 0 aliphatic rings. The first-order valence-corrected chi connectivity index (χ1v) is 20.0. The van der Waals surface area contributed by atoms with E-state index < -0.39 is 11.9 Å². The van der Waals surface area contributed by atoms with E-state index in [1.807, 2.05) is 0 Å². The Morgan fingerprint density at radius 2 is 0.422 bits per heavy atom. The first kappa shape index (κ1) is 48.9. The molecular formula is C40H80FeO4. The van der Waals surface area contributed by atoms with Crippen LogP contribution in [0, 0.1) is 0 Å². The Labute approximate surface area is 292 Å². The summed E-state index contributed by atoms with van der Waals surface area (Å²) in [6, 6.07) is 0. The first-order chi connectivity index (χ1) is 21.5. The van der Waals surface area contributed by atoms with E-state index in [1.165, 1.54) is 193 Å². The summed E-state index contributed by atoms with van der Waals surface area (Å²) in [7, 11) is 0. The van der Waals surface area contributed by atoms with E-state index in [9.17, 15) is 9.59 Å². The second kappa shape index (κ2) is 45.6. The smallest absolute Gasteiger partial charge is 0.303 e. The fourth-order valence-electron chi connectivity index (χ4n) is 6.00. The fraction of sp³-hybridized carbons (Fsp3) is 0.950. The molecule has 0 rings (SSSR count). The minimum absolute atomic E-state index is 0. The summed E-state index contributed by atoms with van der Waals surface area (Å²) in [6.07, 6.45) is 46.3. The van der Waals surface area contributed by atoms with Crippen molar-refractivity contribution in [3.8, 4) is 0 Å². The van der Waals surface area contributed by atoms with Gasteiger partial charge in [-0.25, -0.2) is 0 Å². The maximum Gasteiger partial charge on any atom is 0.303 e. The molecule has 45 heavy (non-hydrogen) atoms. The van der Waals surface area contributed by atoms with Gasteiger partial charge in [0.25, 0.3) is 0 Å². The average Bonchev–Trinajstić information content (AvgIpc) is 3.00. The zero-order valence-electron chi connectivity index (χ0n) is 30.5. The largest absolute Gasteiger partial charge is 0.481 e. The van der Waals surface area contributed by atoms with Gasteiger partial charge in [0.05, 0.1) is 0 Å². The van der Waals surface area contributed by atoms with Crippen LogP contribution in [0.3, 0.4) is 0 Å².